The lowest BCUT2D eigenvalue weighted by Gasteiger charge is -1.85. The summed E-state index contributed by atoms with van der Waals surface area (Å²) < 4.78 is 0. The Hall–Kier alpha value is -0.490. The van der Waals surface area contributed by atoms with Crippen LogP contribution in [0, 0.1) is 11.3 Å². The highest BCUT2D eigenvalue weighted by molar-refractivity contribution is 8.00. The van der Waals surface area contributed by atoms with E-state index >= 15 is 0 Å². The van der Waals surface area contributed by atoms with Crippen LogP contribution in [0.5, 0.6) is 0 Å². The fourth-order valence-electron chi connectivity index (χ4n) is 0.127. The molecule has 0 saturated carbocycles. The third-order valence-corrected chi connectivity index (χ3v) is 1.13. The predicted octanol–water partition coefficient (Wildman–Crippen LogP) is 0.351. The first kappa shape index (κ1) is 6.51. The van der Waals surface area contributed by atoms with Gasteiger partial charge in [0.25, 0.3) is 0 Å². The van der Waals surface area contributed by atoms with E-state index in [1.54, 1.807) is 18.6 Å². The van der Waals surface area contributed by atoms with Crippen molar-refractivity contribution in [1.29, 1.82) is 5.26 Å². The van der Waals surface area contributed by atoms with E-state index in [1.165, 1.54) is 11.8 Å². The lowest BCUT2D eigenvalue weighted by molar-refractivity contribution is 0.557. The van der Waals surface area contributed by atoms with Crippen molar-refractivity contribution in [3.8, 4) is 6.07 Å². The second-order valence-corrected chi connectivity index (χ2v) is 1.81. The van der Waals surface area contributed by atoms with E-state index in [0.717, 1.165) is 0 Å². The van der Waals surface area contributed by atoms with Gasteiger partial charge in [-0.15, -0.1) is 11.8 Å². The van der Waals surface area contributed by atoms with Gasteiger partial charge in [-0.05, 0) is 6.26 Å². The lowest BCUT2D eigenvalue weighted by Crippen LogP contribution is -1.96. The lowest BCUT2D eigenvalue weighted by atomic mass is 10.5. The van der Waals surface area contributed by atoms with Crippen LogP contribution >= 0.6 is 11.8 Å². The Kier molecular flexibility index (Phi) is 3.43. The van der Waals surface area contributed by atoms with Gasteiger partial charge in [-0.1, -0.05) is 0 Å². The number of nitriles is 1. The van der Waals surface area contributed by atoms with Crippen LogP contribution in [-0.2, 0) is 4.79 Å². The summed E-state index contributed by atoms with van der Waals surface area (Å²) in [6.45, 7) is 0. The fourth-order valence-corrected chi connectivity index (χ4v) is 0.329. The molecule has 0 N–H and O–H groups in total. The van der Waals surface area contributed by atoms with Crippen LogP contribution in [0.25, 0.3) is 0 Å². The molecule has 0 aromatic heterocycles. The van der Waals surface area contributed by atoms with Crippen molar-refractivity contribution in [3.63, 3.8) is 0 Å². The van der Waals surface area contributed by atoms with Crippen molar-refractivity contribution in [2.45, 2.75) is 5.25 Å². The summed E-state index contributed by atoms with van der Waals surface area (Å²) >= 11 is 1.19. The average Bonchev–Trinajstić information content (AvgIpc) is 1.72. The maximum Gasteiger partial charge on any atom is 0.227 e. The normalized spacial score (nSPS) is 12.0. The third kappa shape index (κ3) is 2.24. The highest BCUT2D eigenvalue weighted by atomic mass is 32.2. The quantitative estimate of drug-likeness (QED) is 0.520. The molecule has 0 rings (SSSR count). The summed E-state index contributed by atoms with van der Waals surface area (Å²) in [5.41, 5.74) is 0. The van der Waals surface area contributed by atoms with Gasteiger partial charge in [-0.2, -0.15) is 5.26 Å². The zero-order valence-electron chi connectivity index (χ0n) is 3.84. The van der Waals surface area contributed by atoms with E-state index in [-0.39, 0.29) is 0 Å². The Bertz CT molecular complexity index is 96.4. The van der Waals surface area contributed by atoms with Crippen LogP contribution in [-0.4, -0.2) is 17.8 Å². The Morgan fingerprint density at radius 3 is 2.43 bits per heavy atom. The molecule has 0 heterocycles. The second-order valence-electron chi connectivity index (χ2n) is 0.863. The molecule has 0 aromatic rings. The molecule has 0 saturated heterocycles. The van der Waals surface area contributed by atoms with Crippen LogP contribution < -0.4 is 0 Å². The zero-order chi connectivity index (χ0) is 5.70. The number of nitrogens with zero attached hydrogens (tertiary/aromatic N) is 1. The molecule has 37 valence electrons. The monoisotopic (exact) mass is 114 g/mol. The van der Waals surface area contributed by atoms with Crippen molar-refractivity contribution in [1.82, 2.24) is 0 Å². The van der Waals surface area contributed by atoms with Gasteiger partial charge < -0.3 is 0 Å². The van der Waals surface area contributed by atoms with Crippen molar-refractivity contribution in [2.75, 3.05) is 6.26 Å². The van der Waals surface area contributed by atoms with Crippen molar-refractivity contribution >= 4 is 18.0 Å². The highest BCUT2D eigenvalue weighted by Crippen LogP contribution is 1.98. The SMILES string of the molecule is CSC([C]=O)C#N. The number of hydrogen-bond donors (Lipinski definition) is 0. The minimum Gasteiger partial charge on any atom is -0.288 e. The molecule has 0 amide bonds. The first-order valence-electron chi connectivity index (χ1n) is 1.65. The highest BCUT2D eigenvalue weighted by Gasteiger charge is 1.99. The van der Waals surface area contributed by atoms with Gasteiger partial charge in [0, 0.05) is 0 Å². The molecule has 0 spiro atoms. The number of carbonyl (C=O) groups excluding carboxylic acids is 1. The molecule has 0 aliphatic carbocycles. The Morgan fingerprint density at radius 1 is 1.86 bits per heavy atom. The molecule has 0 aliphatic heterocycles. The molecule has 0 aliphatic rings. The van der Waals surface area contributed by atoms with E-state index < -0.39 is 5.25 Å². The molecule has 0 fully saturated rings. The maximum absolute atomic E-state index is 9.60. The fraction of sp³-hybridized carbons (Fsp3) is 0.500. The van der Waals surface area contributed by atoms with Crippen molar-refractivity contribution in [3.05, 3.63) is 0 Å². The minimum absolute atomic E-state index is 0.597. The number of thioether (sulfide) groups is 1. The summed E-state index contributed by atoms with van der Waals surface area (Å²) in [4.78, 5) is 9.60. The van der Waals surface area contributed by atoms with Gasteiger partial charge in [-0.25, -0.2) is 0 Å². The number of hydrogen-bond acceptors (Lipinski definition) is 3. The van der Waals surface area contributed by atoms with Crippen molar-refractivity contribution < 1.29 is 4.79 Å². The van der Waals surface area contributed by atoms with Crippen LogP contribution in [0.4, 0.5) is 0 Å². The molecule has 3 heteroatoms. The second kappa shape index (κ2) is 3.69. The minimum atomic E-state index is -0.597. The number of rotatable bonds is 2. The van der Waals surface area contributed by atoms with E-state index in [2.05, 4.69) is 0 Å². The van der Waals surface area contributed by atoms with Gasteiger partial charge in [0.15, 0.2) is 5.25 Å². The molecule has 0 bridgehead atoms. The summed E-state index contributed by atoms with van der Waals surface area (Å²) in [6, 6.07) is 1.74. The molecule has 1 atom stereocenters. The van der Waals surface area contributed by atoms with Gasteiger partial charge in [-0.3, -0.25) is 4.79 Å². The van der Waals surface area contributed by atoms with Crippen molar-refractivity contribution in [2.24, 2.45) is 0 Å². The molecule has 7 heavy (non-hydrogen) atoms. The Balaban J connectivity index is 3.43. The third-order valence-electron chi connectivity index (χ3n) is 0.460. The maximum atomic E-state index is 9.60. The molecule has 2 nitrogen and oxygen atoms in total. The smallest absolute Gasteiger partial charge is 0.227 e. The van der Waals surface area contributed by atoms with E-state index in [4.69, 9.17) is 5.26 Å². The average molecular weight is 114 g/mol. The first-order valence-corrected chi connectivity index (χ1v) is 2.94. The van der Waals surface area contributed by atoms with E-state index in [9.17, 15) is 4.79 Å². The van der Waals surface area contributed by atoms with Crippen LogP contribution in [0.2, 0.25) is 0 Å². The largest absolute Gasteiger partial charge is 0.288 e. The topological polar surface area (TPSA) is 40.9 Å². The standard InChI is InChI=1S/C4H4NOS/c1-7-4(2-5)3-6/h4H,1H3. The van der Waals surface area contributed by atoms with Crippen LogP contribution in [0.3, 0.4) is 0 Å². The molecular formula is C4H4NOS. The Morgan fingerprint density at radius 2 is 2.43 bits per heavy atom. The van der Waals surface area contributed by atoms with Crippen LogP contribution in [0.1, 0.15) is 0 Å². The van der Waals surface area contributed by atoms with Gasteiger partial charge in [0.05, 0.1) is 6.07 Å². The predicted molar refractivity (Wildman–Crippen MR) is 28.6 cm³/mol. The summed E-state index contributed by atoms with van der Waals surface area (Å²) in [5.74, 6) is 0. The van der Waals surface area contributed by atoms with E-state index in [0.29, 0.717) is 0 Å². The molecule has 0 aromatic carbocycles. The summed E-state index contributed by atoms with van der Waals surface area (Å²) in [5, 5.41) is 7.40. The molecule has 1 radical (unpaired) electrons. The Labute approximate surface area is 46.5 Å². The van der Waals surface area contributed by atoms with Crippen LogP contribution in [0.15, 0.2) is 0 Å². The zero-order valence-corrected chi connectivity index (χ0v) is 4.66. The summed E-state index contributed by atoms with van der Waals surface area (Å²) in [6.07, 6.45) is 3.25. The van der Waals surface area contributed by atoms with Gasteiger partial charge in [0.2, 0.25) is 6.29 Å². The molecule has 1 unspecified atom stereocenters. The van der Waals surface area contributed by atoms with Gasteiger partial charge >= 0.3 is 0 Å². The summed E-state index contributed by atoms with van der Waals surface area (Å²) in [7, 11) is 0. The van der Waals surface area contributed by atoms with Gasteiger partial charge in [0.1, 0.15) is 0 Å². The molecular weight excluding hydrogens is 110 g/mol. The first-order chi connectivity index (χ1) is 3.35. The van der Waals surface area contributed by atoms with E-state index in [1.807, 2.05) is 0 Å².